The SMILES string of the molecule is CC/C=C\C/C=C\C/C=C\C/C=C\C/C=C\C/C=C\C/C=C\C/C=C\C/C=C\C/C=C\C/C=C\CCCCCCCC(=O)OC(COC(=O)CCCCCCCCCCCCCC/C=C\C/C=C\C/C=C\C/C=C\C/C=C\C/C=C\C/C=C\C/C=C\CC)COC(OCC[N+](C)(C)C)C(=O)[O-]. The van der Waals surface area contributed by atoms with E-state index >= 15 is 0 Å². The highest BCUT2D eigenvalue weighted by molar-refractivity contribution is 5.70. The summed E-state index contributed by atoms with van der Waals surface area (Å²) in [7, 11) is 5.91. The van der Waals surface area contributed by atoms with Crippen molar-refractivity contribution in [3.05, 3.63) is 231 Å². The fourth-order valence-electron chi connectivity index (χ4n) is 9.97. The summed E-state index contributed by atoms with van der Waals surface area (Å²) in [6.07, 6.45) is 123. The summed E-state index contributed by atoms with van der Waals surface area (Å²) in [6, 6.07) is 0. The fraction of sp³-hybridized carbons (Fsp3) is 0.554. The van der Waals surface area contributed by atoms with Crippen molar-refractivity contribution >= 4 is 17.9 Å². The van der Waals surface area contributed by atoms with Crippen LogP contribution in [-0.2, 0) is 33.3 Å². The lowest BCUT2D eigenvalue weighted by Crippen LogP contribution is -2.44. The van der Waals surface area contributed by atoms with E-state index in [1.807, 2.05) is 21.1 Å². The molecule has 2 atom stereocenters. The molecule has 0 spiro atoms. The zero-order valence-corrected chi connectivity index (χ0v) is 64.4. The minimum absolute atomic E-state index is 0.131. The lowest BCUT2D eigenvalue weighted by Gasteiger charge is -2.26. The monoisotopic (exact) mass is 1390 g/mol. The lowest BCUT2D eigenvalue weighted by molar-refractivity contribution is -0.870. The number of hydrogen-bond acceptors (Lipinski definition) is 8. The molecule has 9 nitrogen and oxygen atoms in total. The molecule has 0 radical (unpaired) electrons. The molecule has 564 valence electrons. The van der Waals surface area contributed by atoms with E-state index in [1.165, 1.54) is 51.4 Å². The zero-order valence-electron chi connectivity index (χ0n) is 64.4. The average molecular weight is 1390 g/mol. The second-order valence-corrected chi connectivity index (χ2v) is 26.5. The Balaban J connectivity index is 4.20. The van der Waals surface area contributed by atoms with E-state index in [0.29, 0.717) is 17.4 Å². The van der Waals surface area contributed by atoms with Gasteiger partial charge in [0.2, 0.25) is 0 Å². The molecule has 0 saturated heterocycles. The third-order valence-corrected chi connectivity index (χ3v) is 15.9. The molecule has 0 aliphatic heterocycles. The standard InChI is InChI=1S/C92H143NO8/c1-6-8-10-12-14-16-18-20-22-24-26-28-30-32-34-36-38-40-42-44-45-47-49-51-53-55-57-59-61-63-65-67-69-71-73-75-77-79-81-83-90(95)101-88(87-100-92(91(96)97)98-85-84-93(3,4)5)86-99-89(94)82-80-78-76-74-72-70-68-66-64-62-60-58-56-54-52-50-48-46-43-41-39-37-35-33-31-29-27-25-23-21-19-17-15-13-11-9-7-2/h8-11,14-17,20-23,26-29,32-35,38-41,44-46,48-49,51-52,54-55,57,61,63,67,69,88,92H,6-7,12-13,18-19,24-25,30-31,36-37,42-43,47,50,53,56,58-60,62,64-66,68,70-87H2,1-5H3/b10-8-,11-9-,16-14-,17-15-,22-20-,23-21-,28-26-,29-27-,34-32-,35-33-,40-38-,41-39-,45-44-,48-46-,51-49-,54-52-,57-55-,63-61-,69-67-. The van der Waals surface area contributed by atoms with Gasteiger partial charge in [-0.3, -0.25) is 9.59 Å². The Kier molecular flexibility index (Phi) is 73.9. The number of likely N-dealkylation sites (N-methyl/N-ethyl adjacent to an activating group) is 1. The highest BCUT2D eigenvalue weighted by Gasteiger charge is 2.22. The molecule has 0 amide bonds. The van der Waals surface area contributed by atoms with E-state index in [4.69, 9.17) is 18.9 Å². The minimum Gasteiger partial charge on any atom is -0.545 e. The van der Waals surface area contributed by atoms with E-state index in [0.717, 1.165) is 186 Å². The maximum atomic E-state index is 13.0. The summed E-state index contributed by atoms with van der Waals surface area (Å²) < 4.78 is 22.8. The van der Waals surface area contributed by atoms with Crippen molar-refractivity contribution < 1.29 is 42.9 Å². The molecule has 2 unspecified atom stereocenters. The van der Waals surface area contributed by atoms with Crippen molar-refractivity contribution in [2.75, 3.05) is 47.5 Å². The zero-order chi connectivity index (χ0) is 73.2. The number of carbonyl (C=O) groups is 3. The first kappa shape index (κ1) is 94.4. The summed E-state index contributed by atoms with van der Waals surface area (Å²) >= 11 is 0. The van der Waals surface area contributed by atoms with Crippen LogP contribution in [0.5, 0.6) is 0 Å². The van der Waals surface area contributed by atoms with Gasteiger partial charge >= 0.3 is 11.9 Å². The Morgan fingerprint density at radius 3 is 0.792 bits per heavy atom. The Morgan fingerprint density at radius 2 is 0.535 bits per heavy atom. The molecule has 0 aromatic heterocycles. The quantitative estimate of drug-likeness (QED) is 0.0195. The molecule has 0 aromatic carbocycles. The van der Waals surface area contributed by atoms with Crippen molar-refractivity contribution in [1.29, 1.82) is 0 Å². The number of allylic oxidation sites excluding steroid dienone is 38. The highest BCUT2D eigenvalue weighted by atomic mass is 16.7. The van der Waals surface area contributed by atoms with Crippen LogP contribution < -0.4 is 5.11 Å². The van der Waals surface area contributed by atoms with Crippen molar-refractivity contribution in [2.24, 2.45) is 0 Å². The lowest BCUT2D eigenvalue weighted by atomic mass is 10.0. The van der Waals surface area contributed by atoms with Crippen LogP contribution in [0, 0.1) is 0 Å². The molecular weight excluding hydrogens is 1250 g/mol. The van der Waals surface area contributed by atoms with Gasteiger partial charge in [0.1, 0.15) is 13.2 Å². The van der Waals surface area contributed by atoms with E-state index in [1.54, 1.807) is 0 Å². The van der Waals surface area contributed by atoms with E-state index in [9.17, 15) is 19.5 Å². The number of carboxylic acid groups (broad SMARTS) is 1. The van der Waals surface area contributed by atoms with Gasteiger partial charge in [-0.15, -0.1) is 0 Å². The van der Waals surface area contributed by atoms with Crippen LogP contribution in [0.2, 0.25) is 0 Å². The predicted molar refractivity (Wildman–Crippen MR) is 434 cm³/mol. The Bertz CT molecular complexity index is 2520. The molecule has 101 heavy (non-hydrogen) atoms. The van der Waals surface area contributed by atoms with Crippen LogP contribution >= 0.6 is 0 Å². The molecule has 0 fully saturated rings. The fourth-order valence-corrected chi connectivity index (χ4v) is 9.97. The average Bonchev–Trinajstić information content (AvgIpc) is 1.21. The number of ether oxygens (including phenoxy) is 4. The Morgan fingerprint density at radius 1 is 0.297 bits per heavy atom. The Hall–Kier alpha value is -6.65. The Labute approximate surface area is 619 Å². The summed E-state index contributed by atoms with van der Waals surface area (Å²) in [5.74, 6) is -2.33. The van der Waals surface area contributed by atoms with Crippen molar-refractivity contribution in [3.8, 4) is 0 Å². The molecule has 0 saturated carbocycles. The van der Waals surface area contributed by atoms with Crippen molar-refractivity contribution in [3.63, 3.8) is 0 Å². The number of rotatable bonds is 70. The minimum atomic E-state index is -1.64. The number of unbranched alkanes of at least 4 members (excludes halogenated alkanes) is 17. The van der Waals surface area contributed by atoms with Gasteiger partial charge in [-0.2, -0.15) is 0 Å². The van der Waals surface area contributed by atoms with E-state index in [-0.39, 0.29) is 38.6 Å². The van der Waals surface area contributed by atoms with E-state index < -0.39 is 24.3 Å². The second kappa shape index (κ2) is 79.1. The second-order valence-electron chi connectivity index (χ2n) is 26.5. The van der Waals surface area contributed by atoms with Gasteiger partial charge in [0.15, 0.2) is 12.4 Å². The van der Waals surface area contributed by atoms with Gasteiger partial charge in [-0.25, -0.2) is 0 Å². The number of nitrogens with zero attached hydrogens (tertiary/aromatic N) is 1. The summed E-state index contributed by atoms with van der Waals surface area (Å²) in [6.45, 7) is 4.47. The van der Waals surface area contributed by atoms with Gasteiger partial charge in [0.05, 0.1) is 40.3 Å². The number of hydrogen-bond donors (Lipinski definition) is 0. The molecule has 0 heterocycles. The number of quaternary nitrogens is 1. The van der Waals surface area contributed by atoms with Gasteiger partial charge in [-0.1, -0.05) is 328 Å². The van der Waals surface area contributed by atoms with Crippen molar-refractivity contribution in [1.82, 2.24) is 0 Å². The molecule has 0 N–H and O–H groups in total. The molecule has 0 bridgehead atoms. The van der Waals surface area contributed by atoms with Gasteiger partial charge in [0, 0.05) is 12.8 Å². The third kappa shape index (κ3) is 80.5. The molecule has 9 heteroatoms. The van der Waals surface area contributed by atoms with Crippen LogP contribution in [0.15, 0.2) is 231 Å². The summed E-state index contributed by atoms with van der Waals surface area (Å²) in [5.41, 5.74) is 0. The largest absolute Gasteiger partial charge is 0.545 e. The van der Waals surface area contributed by atoms with Crippen LogP contribution in [0.4, 0.5) is 0 Å². The van der Waals surface area contributed by atoms with Crippen molar-refractivity contribution in [2.45, 2.75) is 283 Å². The number of aliphatic carboxylic acids is 1. The van der Waals surface area contributed by atoms with Gasteiger partial charge in [0.25, 0.3) is 0 Å². The van der Waals surface area contributed by atoms with Crippen LogP contribution in [0.25, 0.3) is 0 Å². The third-order valence-electron chi connectivity index (χ3n) is 15.9. The maximum absolute atomic E-state index is 13.0. The molecule has 0 rings (SSSR count). The van der Waals surface area contributed by atoms with Crippen LogP contribution in [-0.4, -0.2) is 82.3 Å². The van der Waals surface area contributed by atoms with E-state index in [2.05, 4.69) is 245 Å². The topological polar surface area (TPSA) is 111 Å². The predicted octanol–water partition coefficient (Wildman–Crippen LogP) is 24.5. The smallest absolute Gasteiger partial charge is 0.306 e. The number of carbonyl (C=O) groups excluding carboxylic acids is 3. The van der Waals surface area contributed by atoms with Gasteiger partial charge in [-0.05, 0) is 161 Å². The first-order chi connectivity index (χ1) is 49.6. The van der Waals surface area contributed by atoms with Crippen LogP contribution in [0.3, 0.4) is 0 Å². The number of esters is 2. The maximum Gasteiger partial charge on any atom is 0.306 e. The first-order valence-electron chi connectivity index (χ1n) is 39.5. The normalized spacial score (nSPS) is 14.0. The molecule has 0 aliphatic rings. The summed E-state index contributed by atoms with van der Waals surface area (Å²) in [4.78, 5) is 37.6. The number of carboxylic acids is 1. The summed E-state index contributed by atoms with van der Waals surface area (Å²) in [5, 5.41) is 11.9. The molecule has 0 aliphatic carbocycles. The first-order valence-corrected chi connectivity index (χ1v) is 39.5. The highest BCUT2D eigenvalue weighted by Crippen LogP contribution is 2.16. The van der Waals surface area contributed by atoms with Gasteiger partial charge < -0.3 is 33.3 Å². The molecular formula is C92H143NO8. The van der Waals surface area contributed by atoms with Crippen LogP contribution in [0.1, 0.15) is 271 Å². The molecule has 0 aromatic rings.